The van der Waals surface area contributed by atoms with E-state index in [1.54, 1.807) is 0 Å². The zero-order valence-corrected chi connectivity index (χ0v) is 54.4. The summed E-state index contributed by atoms with van der Waals surface area (Å²) in [6.45, 7) is 6.68. The van der Waals surface area contributed by atoms with Crippen LogP contribution in [0.15, 0.2) is 24.3 Å². The molecule has 0 aliphatic carbocycles. The van der Waals surface area contributed by atoms with Crippen molar-refractivity contribution in [1.82, 2.24) is 0 Å². The van der Waals surface area contributed by atoms with Gasteiger partial charge in [-0.2, -0.15) is 0 Å². The maximum absolute atomic E-state index is 12.9. The number of carbonyl (C=O) groups is 3. The normalized spacial score (nSPS) is 12.1. The molecule has 0 spiro atoms. The van der Waals surface area contributed by atoms with Crippen LogP contribution >= 0.6 is 0 Å². The summed E-state index contributed by atoms with van der Waals surface area (Å²) in [6, 6.07) is 0. The summed E-state index contributed by atoms with van der Waals surface area (Å²) < 4.78 is 16.9. The minimum absolute atomic E-state index is 0.0712. The lowest BCUT2D eigenvalue weighted by molar-refractivity contribution is -0.167. The van der Waals surface area contributed by atoms with Crippen LogP contribution in [0.25, 0.3) is 0 Å². The Morgan fingerprint density at radius 2 is 0.450 bits per heavy atom. The van der Waals surface area contributed by atoms with Crippen molar-refractivity contribution in [2.45, 2.75) is 419 Å². The molecule has 0 heterocycles. The molecule has 0 aliphatic heterocycles. The van der Waals surface area contributed by atoms with E-state index in [1.165, 1.54) is 295 Å². The monoisotopic (exact) mass is 1130 g/mol. The predicted molar refractivity (Wildman–Crippen MR) is 349 cm³/mol. The number of allylic oxidation sites excluding steroid dienone is 4. The van der Waals surface area contributed by atoms with Gasteiger partial charge in [0, 0.05) is 19.3 Å². The first-order valence-electron chi connectivity index (χ1n) is 36.3. The van der Waals surface area contributed by atoms with E-state index in [0.29, 0.717) is 19.3 Å². The molecule has 6 nitrogen and oxygen atoms in total. The van der Waals surface area contributed by atoms with Crippen LogP contribution in [0.2, 0.25) is 0 Å². The van der Waals surface area contributed by atoms with Gasteiger partial charge in [0.1, 0.15) is 13.2 Å². The van der Waals surface area contributed by atoms with Crippen LogP contribution in [0.4, 0.5) is 0 Å². The predicted octanol–water partition coefficient (Wildman–Crippen LogP) is 25.0. The van der Waals surface area contributed by atoms with Crippen LogP contribution in [-0.4, -0.2) is 37.2 Å². The van der Waals surface area contributed by atoms with Crippen LogP contribution in [0, 0.1) is 0 Å². The third-order valence-corrected chi connectivity index (χ3v) is 16.7. The van der Waals surface area contributed by atoms with Gasteiger partial charge in [-0.05, 0) is 51.4 Å². The van der Waals surface area contributed by atoms with Crippen molar-refractivity contribution in [2.75, 3.05) is 13.2 Å². The molecule has 1 atom stereocenters. The summed E-state index contributed by atoms with van der Waals surface area (Å²) in [7, 11) is 0. The van der Waals surface area contributed by atoms with Crippen molar-refractivity contribution in [1.29, 1.82) is 0 Å². The molecule has 0 radical (unpaired) electrons. The van der Waals surface area contributed by atoms with E-state index in [-0.39, 0.29) is 31.1 Å². The van der Waals surface area contributed by atoms with E-state index in [2.05, 4.69) is 45.1 Å². The minimum atomic E-state index is -0.775. The number of hydrogen-bond donors (Lipinski definition) is 0. The zero-order chi connectivity index (χ0) is 57.8. The molecule has 0 aliphatic rings. The highest BCUT2D eigenvalue weighted by atomic mass is 16.6. The molecule has 0 rings (SSSR count). The van der Waals surface area contributed by atoms with E-state index in [4.69, 9.17) is 14.2 Å². The Labute approximate surface area is 500 Å². The smallest absolute Gasteiger partial charge is 0.306 e. The Balaban J connectivity index is 4.00. The molecule has 0 aromatic rings. The molecular weight excluding hydrogens is 985 g/mol. The molecule has 0 aromatic heterocycles. The fraction of sp³-hybridized carbons (Fsp3) is 0.905. The topological polar surface area (TPSA) is 78.9 Å². The maximum atomic E-state index is 12.9. The van der Waals surface area contributed by atoms with Crippen molar-refractivity contribution in [3.05, 3.63) is 24.3 Å². The summed E-state index contributed by atoms with van der Waals surface area (Å²) in [5.74, 6) is -0.858. The molecule has 6 heteroatoms. The molecule has 0 fully saturated rings. The Bertz CT molecular complexity index is 1290. The van der Waals surface area contributed by atoms with Crippen molar-refractivity contribution < 1.29 is 28.6 Å². The highest BCUT2D eigenvalue weighted by Gasteiger charge is 2.19. The molecule has 0 saturated heterocycles. The first-order chi connectivity index (χ1) is 39.5. The molecule has 0 N–H and O–H groups in total. The second kappa shape index (κ2) is 69.4. The van der Waals surface area contributed by atoms with Gasteiger partial charge in [-0.25, -0.2) is 0 Å². The van der Waals surface area contributed by atoms with Crippen molar-refractivity contribution in [2.24, 2.45) is 0 Å². The fourth-order valence-electron chi connectivity index (χ4n) is 11.2. The Kier molecular flexibility index (Phi) is 67.6. The molecule has 0 bridgehead atoms. The van der Waals surface area contributed by atoms with Crippen molar-refractivity contribution in [3.8, 4) is 0 Å². The van der Waals surface area contributed by atoms with Gasteiger partial charge in [-0.1, -0.05) is 366 Å². The summed E-state index contributed by atoms with van der Waals surface area (Å²) in [5, 5.41) is 0. The lowest BCUT2D eigenvalue weighted by atomic mass is 10.0. The Morgan fingerprint density at radius 1 is 0.250 bits per heavy atom. The number of esters is 3. The third-order valence-electron chi connectivity index (χ3n) is 16.7. The van der Waals surface area contributed by atoms with Gasteiger partial charge in [-0.3, -0.25) is 14.4 Å². The highest BCUT2D eigenvalue weighted by Crippen LogP contribution is 2.19. The van der Waals surface area contributed by atoms with Gasteiger partial charge in [0.05, 0.1) is 0 Å². The number of unbranched alkanes of at least 4 members (excludes halogenated alkanes) is 53. The summed E-state index contributed by atoms with van der Waals surface area (Å²) in [5.41, 5.74) is 0. The zero-order valence-electron chi connectivity index (χ0n) is 54.4. The van der Waals surface area contributed by atoms with E-state index < -0.39 is 6.10 Å². The summed E-state index contributed by atoms with van der Waals surface area (Å²) in [4.78, 5) is 38.3. The molecular formula is C74H140O6. The van der Waals surface area contributed by atoms with E-state index >= 15 is 0 Å². The third kappa shape index (κ3) is 66.7. The first-order valence-corrected chi connectivity index (χ1v) is 36.3. The number of ether oxygens (including phenoxy) is 3. The minimum Gasteiger partial charge on any atom is -0.462 e. The van der Waals surface area contributed by atoms with Crippen LogP contribution in [0.1, 0.15) is 412 Å². The largest absolute Gasteiger partial charge is 0.462 e. The quantitative estimate of drug-likeness (QED) is 0.0261. The Morgan fingerprint density at radius 3 is 0.700 bits per heavy atom. The molecule has 0 amide bonds. The Hall–Kier alpha value is -2.11. The average Bonchev–Trinajstić information content (AvgIpc) is 3.46. The maximum Gasteiger partial charge on any atom is 0.306 e. The van der Waals surface area contributed by atoms with E-state index in [0.717, 1.165) is 77.0 Å². The lowest BCUT2D eigenvalue weighted by Gasteiger charge is -2.18. The number of carbonyl (C=O) groups excluding carboxylic acids is 3. The molecule has 472 valence electrons. The van der Waals surface area contributed by atoms with Gasteiger partial charge >= 0.3 is 17.9 Å². The van der Waals surface area contributed by atoms with Crippen LogP contribution < -0.4 is 0 Å². The lowest BCUT2D eigenvalue weighted by Crippen LogP contribution is -2.30. The second-order valence-electron chi connectivity index (χ2n) is 24.9. The van der Waals surface area contributed by atoms with Gasteiger partial charge in [0.25, 0.3) is 0 Å². The van der Waals surface area contributed by atoms with Gasteiger partial charge < -0.3 is 14.2 Å². The van der Waals surface area contributed by atoms with E-state index in [9.17, 15) is 14.4 Å². The van der Waals surface area contributed by atoms with Gasteiger partial charge in [0.2, 0.25) is 0 Å². The highest BCUT2D eigenvalue weighted by molar-refractivity contribution is 5.71. The van der Waals surface area contributed by atoms with Crippen molar-refractivity contribution in [3.63, 3.8) is 0 Å². The standard InChI is InChI=1S/C74H140O6/c1-4-7-10-13-16-19-22-24-26-28-29-30-31-32-33-34-35-36-37-38-39-40-41-42-43-44-45-46-48-49-52-55-58-61-64-67-73(76)79-70-71(69-78-72(75)66-63-60-57-54-51-21-18-15-12-9-6-3)80-74(77)68-65-62-59-56-53-50-47-27-25-23-20-17-14-11-8-5-2/h20,23,27,47,71H,4-19,21-22,24-26,28-46,48-70H2,1-3H3/b23-20-,47-27-. The summed E-state index contributed by atoms with van der Waals surface area (Å²) >= 11 is 0. The van der Waals surface area contributed by atoms with Crippen LogP contribution in [0.5, 0.6) is 0 Å². The fourth-order valence-corrected chi connectivity index (χ4v) is 11.2. The summed E-state index contributed by atoms with van der Waals surface area (Å²) in [6.07, 6.45) is 85.3. The second-order valence-corrected chi connectivity index (χ2v) is 24.9. The average molecular weight is 1130 g/mol. The molecule has 0 aromatic carbocycles. The van der Waals surface area contributed by atoms with Crippen molar-refractivity contribution >= 4 is 17.9 Å². The van der Waals surface area contributed by atoms with Gasteiger partial charge in [-0.15, -0.1) is 0 Å². The number of hydrogen-bond acceptors (Lipinski definition) is 6. The van der Waals surface area contributed by atoms with E-state index in [1.807, 2.05) is 0 Å². The molecule has 80 heavy (non-hydrogen) atoms. The van der Waals surface area contributed by atoms with Crippen LogP contribution in [-0.2, 0) is 28.6 Å². The van der Waals surface area contributed by atoms with Gasteiger partial charge in [0.15, 0.2) is 6.10 Å². The SMILES string of the molecule is CCCCCC/C=C\C/C=C\CCCCCCCC(=O)OC(COC(=O)CCCCCCCCCCCCC)COC(=O)CCCCCCCCCCCCCCCCCCCCCCCCCCCCCCCCCCCCC. The molecule has 0 saturated carbocycles. The van der Waals surface area contributed by atoms with Crippen LogP contribution in [0.3, 0.4) is 0 Å². The molecule has 1 unspecified atom stereocenters. The number of rotatable bonds is 68. The first kappa shape index (κ1) is 77.9.